The fourth-order valence-electron chi connectivity index (χ4n) is 5.74. The molecule has 0 spiro atoms. The van der Waals surface area contributed by atoms with Crippen LogP contribution < -0.4 is 14.2 Å². The zero-order valence-corrected chi connectivity index (χ0v) is 25.2. The van der Waals surface area contributed by atoms with Crippen LogP contribution in [-0.4, -0.2) is 32.5 Å². The van der Waals surface area contributed by atoms with Crippen molar-refractivity contribution in [3.63, 3.8) is 0 Å². The van der Waals surface area contributed by atoms with Gasteiger partial charge in [0.15, 0.2) is 0 Å². The monoisotopic (exact) mass is 598 g/mol. The molecule has 0 saturated heterocycles. The first kappa shape index (κ1) is 28.2. The summed E-state index contributed by atoms with van der Waals surface area (Å²) in [6.45, 7) is 7.05. The summed E-state index contributed by atoms with van der Waals surface area (Å²) in [5.74, 6) is 2.98. The van der Waals surface area contributed by atoms with E-state index in [2.05, 4.69) is 16.1 Å². The Balaban J connectivity index is 1.24. The SMILES string of the molecule is CCOc1cc(C)cc(OCC)c1-c1cnn(-c2cccc(Oc3ccc4c5ccccc5n(-c5cc(F)ccn5)c4c3)c2)c1. The first-order chi connectivity index (χ1) is 22.0. The van der Waals surface area contributed by atoms with Crippen molar-refractivity contribution in [2.24, 2.45) is 0 Å². The van der Waals surface area contributed by atoms with Gasteiger partial charge in [-0.2, -0.15) is 5.10 Å². The number of pyridine rings is 1. The summed E-state index contributed by atoms with van der Waals surface area (Å²) in [4.78, 5) is 4.46. The van der Waals surface area contributed by atoms with Gasteiger partial charge in [0, 0.05) is 46.9 Å². The number of fused-ring (bicyclic) bond motifs is 3. The molecule has 0 saturated carbocycles. The van der Waals surface area contributed by atoms with Crippen molar-refractivity contribution >= 4 is 21.8 Å². The Morgan fingerprint density at radius 2 is 1.51 bits per heavy atom. The van der Waals surface area contributed by atoms with Gasteiger partial charge in [0.1, 0.15) is 34.6 Å². The summed E-state index contributed by atoms with van der Waals surface area (Å²) in [7, 11) is 0. The predicted molar refractivity (Wildman–Crippen MR) is 175 cm³/mol. The van der Waals surface area contributed by atoms with Crippen molar-refractivity contribution in [1.29, 1.82) is 0 Å². The standard InChI is InChI=1S/C37H31FN4O3/c1-4-43-34-17-24(3)18-35(44-5-2)37(34)25-22-40-41(23-25)27-9-8-10-28(20-27)45-29-13-14-31-30-11-6-7-12-32(30)42(33(31)21-29)36-19-26(38)15-16-39-36/h6-23H,4-5H2,1-3H3. The number of benzene rings is 4. The smallest absolute Gasteiger partial charge is 0.140 e. The Morgan fingerprint density at radius 3 is 2.29 bits per heavy atom. The molecule has 3 aromatic heterocycles. The normalized spacial score (nSPS) is 11.3. The van der Waals surface area contributed by atoms with Crippen molar-refractivity contribution in [2.75, 3.05) is 13.2 Å². The van der Waals surface area contributed by atoms with Gasteiger partial charge in [0.25, 0.3) is 0 Å². The molecule has 0 radical (unpaired) electrons. The van der Waals surface area contributed by atoms with E-state index in [0.717, 1.165) is 55.7 Å². The number of para-hydroxylation sites is 1. The molecule has 0 fully saturated rings. The quantitative estimate of drug-likeness (QED) is 0.166. The summed E-state index contributed by atoms with van der Waals surface area (Å²) < 4.78 is 36.4. The zero-order valence-electron chi connectivity index (χ0n) is 25.2. The van der Waals surface area contributed by atoms with Crippen LogP contribution >= 0.6 is 0 Å². The minimum absolute atomic E-state index is 0.345. The van der Waals surface area contributed by atoms with Crippen molar-refractivity contribution in [3.05, 3.63) is 121 Å². The number of hydrogen-bond acceptors (Lipinski definition) is 5. The topological polar surface area (TPSA) is 63.3 Å². The second kappa shape index (κ2) is 11.8. The lowest BCUT2D eigenvalue weighted by molar-refractivity contribution is 0.325. The molecule has 3 heterocycles. The van der Waals surface area contributed by atoms with Crippen molar-refractivity contribution < 1.29 is 18.6 Å². The minimum Gasteiger partial charge on any atom is -0.493 e. The van der Waals surface area contributed by atoms with Gasteiger partial charge < -0.3 is 14.2 Å². The van der Waals surface area contributed by atoms with Gasteiger partial charge in [-0.15, -0.1) is 0 Å². The molecule has 0 atom stereocenters. The van der Waals surface area contributed by atoms with Crippen LogP contribution in [0.5, 0.6) is 23.0 Å². The molecule has 0 N–H and O–H groups in total. The van der Waals surface area contributed by atoms with Crippen LogP contribution in [0.3, 0.4) is 0 Å². The van der Waals surface area contributed by atoms with Crippen LogP contribution in [0.4, 0.5) is 4.39 Å². The third kappa shape index (κ3) is 5.35. The van der Waals surface area contributed by atoms with Crippen molar-refractivity contribution in [1.82, 2.24) is 19.3 Å². The Morgan fingerprint density at radius 1 is 0.756 bits per heavy atom. The van der Waals surface area contributed by atoms with E-state index in [4.69, 9.17) is 14.2 Å². The Kier molecular flexibility index (Phi) is 7.39. The number of aryl methyl sites for hydroxylation is 1. The molecule has 7 nitrogen and oxygen atoms in total. The number of ether oxygens (including phenoxy) is 3. The van der Waals surface area contributed by atoms with Gasteiger partial charge in [0.2, 0.25) is 0 Å². The van der Waals surface area contributed by atoms with Gasteiger partial charge in [-0.3, -0.25) is 4.57 Å². The largest absolute Gasteiger partial charge is 0.493 e. The van der Waals surface area contributed by atoms with E-state index in [1.165, 1.54) is 18.3 Å². The molecule has 4 aromatic carbocycles. The number of nitrogens with zero attached hydrogens (tertiary/aromatic N) is 4. The summed E-state index contributed by atoms with van der Waals surface area (Å²) >= 11 is 0. The van der Waals surface area contributed by atoms with Gasteiger partial charge in [0.05, 0.1) is 41.7 Å². The molecule has 0 unspecified atom stereocenters. The molecule has 0 aliphatic rings. The maximum absolute atomic E-state index is 14.2. The van der Waals surface area contributed by atoms with Crippen LogP contribution in [0.2, 0.25) is 0 Å². The molecule has 224 valence electrons. The number of rotatable bonds is 9. The Hall–Kier alpha value is -5.63. The third-order valence-electron chi connectivity index (χ3n) is 7.58. The molecular formula is C37H31FN4O3. The lowest BCUT2D eigenvalue weighted by atomic mass is 10.0. The van der Waals surface area contributed by atoms with Gasteiger partial charge in [-0.1, -0.05) is 24.3 Å². The zero-order chi connectivity index (χ0) is 30.9. The minimum atomic E-state index is -0.345. The van der Waals surface area contributed by atoms with E-state index in [0.29, 0.717) is 30.5 Å². The summed E-state index contributed by atoms with van der Waals surface area (Å²) in [6, 6.07) is 28.5. The lowest BCUT2D eigenvalue weighted by Gasteiger charge is -2.15. The highest BCUT2D eigenvalue weighted by Gasteiger charge is 2.18. The number of halogens is 1. The highest BCUT2D eigenvalue weighted by Crippen LogP contribution is 2.40. The van der Waals surface area contributed by atoms with Crippen molar-refractivity contribution in [2.45, 2.75) is 20.8 Å². The highest BCUT2D eigenvalue weighted by atomic mass is 19.1. The van der Waals surface area contributed by atoms with E-state index in [1.807, 2.05) is 115 Å². The van der Waals surface area contributed by atoms with Crippen LogP contribution in [0.25, 0.3) is 44.4 Å². The van der Waals surface area contributed by atoms with Crippen LogP contribution in [-0.2, 0) is 0 Å². The molecule has 0 amide bonds. The molecule has 8 heteroatoms. The fourth-order valence-corrected chi connectivity index (χ4v) is 5.74. The molecule has 7 rings (SSSR count). The lowest BCUT2D eigenvalue weighted by Crippen LogP contribution is -2.00. The van der Waals surface area contributed by atoms with E-state index in [9.17, 15) is 4.39 Å². The Bertz CT molecular complexity index is 2140. The first-order valence-electron chi connectivity index (χ1n) is 14.9. The average Bonchev–Trinajstić information content (AvgIpc) is 3.64. The maximum Gasteiger partial charge on any atom is 0.140 e. The van der Waals surface area contributed by atoms with E-state index < -0.39 is 0 Å². The third-order valence-corrected chi connectivity index (χ3v) is 7.58. The second-order valence-corrected chi connectivity index (χ2v) is 10.6. The molecular weight excluding hydrogens is 567 g/mol. The van der Waals surface area contributed by atoms with E-state index in [-0.39, 0.29) is 5.82 Å². The van der Waals surface area contributed by atoms with E-state index >= 15 is 0 Å². The molecule has 0 aliphatic heterocycles. The number of hydrogen-bond donors (Lipinski definition) is 0. The molecule has 0 bridgehead atoms. The summed E-state index contributed by atoms with van der Waals surface area (Å²) in [6.07, 6.45) is 5.26. The second-order valence-electron chi connectivity index (χ2n) is 10.6. The molecule has 0 aliphatic carbocycles. The molecule has 45 heavy (non-hydrogen) atoms. The molecule has 7 aromatic rings. The van der Waals surface area contributed by atoms with Crippen LogP contribution in [0.15, 0.2) is 110 Å². The Labute approximate surface area is 260 Å². The summed E-state index contributed by atoms with van der Waals surface area (Å²) in [5.41, 5.74) is 5.47. The highest BCUT2D eigenvalue weighted by molar-refractivity contribution is 6.09. The van der Waals surface area contributed by atoms with Gasteiger partial charge in [-0.25, -0.2) is 14.1 Å². The number of aromatic nitrogens is 4. The van der Waals surface area contributed by atoms with Crippen LogP contribution in [0.1, 0.15) is 19.4 Å². The average molecular weight is 599 g/mol. The summed E-state index contributed by atoms with van der Waals surface area (Å²) in [5, 5.41) is 6.74. The van der Waals surface area contributed by atoms with Crippen molar-refractivity contribution in [3.8, 4) is 45.6 Å². The van der Waals surface area contributed by atoms with Gasteiger partial charge in [-0.05, 0) is 74.9 Å². The predicted octanol–water partition coefficient (Wildman–Crippen LogP) is 9.07. The maximum atomic E-state index is 14.2. The van der Waals surface area contributed by atoms with E-state index in [1.54, 1.807) is 0 Å². The van der Waals surface area contributed by atoms with Gasteiger partial charge >= 0.3 is 0 Å². The van der Waals surface area contributed by atoms with Crippen LogP contribution in [0, 0.1) is 12.7 Å². The first-order valence-corrected chi connectivity index (χ1v) is 14.9. The fraction of sp³-hybridized carbons (Fsp3) is 0.135.